The van der Waals surface area contributed by atoms with Crippen LogP contribution in [0.4, 0.5) is 0 Å². The summed E-state index contributed by atoms with van der Waals surface area (Å²) in [4.78, 5) is 13.7. The normalized spacial score (nSPS) is 14.2. The Morgan fingerprint density at radius 3 is 2.34 bits per heavy atom. The second-order valence-corrected chi connectivity index (χ2v) is 10.4. The third kappa shape index (κ3) is 9.12. The van der Waals surface area contributed by atoms with E-state index in [4.69, 9.17) is 21.1 Å². The number of benzene rings is 3. The number of carbonyl (C=O) groups excluding carboxylic acids is 1. The summed E-state index contributed by atoms with van der Waals surface area (Å²) in [6.45, 7) is 5.12. The first-order valence-corrected chi connectivity index (χ1v) is 14.1. The van der Waals surface area contributed by atoms with Crippen LogP contribution >= 0.6 is 11.6 Å². The van der Waals surface area contributed by atoms with E-state index in [0.29, 0.717) is 29.0 Å². The molecule has 0 saturated carbocycles. The van der Waals surface area contributed by atoms with Gasteiger partial charge >= 0.3 is 5.97 Å². The van der Waals surface area contributed by atoms with Gasteiger partial charge in [-0.3, -0.25) is 4.90 Å². The lowest BCUT2D eigenvalue weighted by atomic mass is 9.97. The number of ether oxygens (including phenoxy) is 3. The van der Waals surface area contributed by atoms with E-state index in [2.05, 4.69) is 39.7 Å². The first kappa shape index (κ1) is 30.2. The van der Waals surface area contributed by atoms with Crippen LogP contribution in [0.1, 0.15) is 35.1 Å². The van der Waals surface area contributed by atoms with Gasteiger partial charge in [0.2, 0.25) is 0 Å². The predicted molar refractivity (Wildman–Crippen MR) is 162 cm³/mol. The van der Waals surface area contributed by atoms with Gasteiger partial charge in [-0.2, -0.15) is 0 Å². The van der Waals surface area contributed by atoms with Gasteiger partial charge in [0.15, 0.2) is 6.61 Å². The molecule has 0 radical (unpaired) electrons. The number of carbonyl (C=O) groups is 1. The molecule has 1 heterocycles. The molecule has 0 bridgehead atoms. The molecule has 1 aliphatic heterocycles. The maximum Gasteiger partial charge on any atom is 0.343 e. The topological polar surface area (TPSA) is 68.2 Å². The summed E-state index contributed by atoms with van der Waals surface area (Å²) in [7, 11) is 1.33. The van der Waals surface area contributed by atoms with Gasteiger partial charge in [0.25, 0.3) is 0 Å². The molecule has 3 aromatic rings. The molecule has 0 aliphatic carbocycles. The van der Waals surface area contributed by atoms with Gasteiger partial charge in [0.05, 0.1) is 13.7 Å². The second-order valence-electron chi connectivity index (χ2n) is 10.0. The van der Waals surface area contributed by atoms with Crippen LogP contribution in [0.15, 0.2) is 72.8 Å². The standard InChI is InChI=1S/C34H36ClNO5/c1-25-22-31(13-14-33(25)41-24-34(38)39-2)40-21-17-32(29-9-11-30(35)12-10-29)28-7-5-26(6-8-28)4-3-18-36-19-15-27(23-37)16-20-36/h5-14,17,22,27,37H,15-16,18-21,23-24H2,1-2H3. The summed E-state index contributed by atoms with van der Waals surface area (Å²) in [6.07, 6.45) is 4.12. The molecule has 214 valence electrons. The molecule has 3 aromatic carbocycles. The van der Waals surface area contributed by atoms with Gasteiger partial charge in [0.1, 0.15) is 18.1 Å². The minimum absolute atomic E-state index is 0.140. The van der Waals surface area contributed by atoms with Crippen LogP contribution in [0.25, 0.3) is 5.57 Å². The summed E-state index contributed by atoms with van der Waals surface area (Å²) in [5.41, 5.74) is 4.94. The summed E-state index contributed by atoms with van der Waals surface area (Å²) in [6, 6.07) is 21.5. The molecule has 4 rings (SSSR count). The van der Waals surface area contributed by atoms with Crippen LogP contribution in [-0.2, 0) is 9.53 Å². The molecule has 1 fully saturated rings. The van der Waals surface area contributed by atoms with Crippen molar-refractivity contribution in [3.63, 3.8) is 0 Å². The van der Waals surface area contributed by atoms with E-state index in [1.165, 1.54) is 7.11 Å². The van der Waals surface area contributed by atoms with Gasteiger partial charge in [-0.1, -0.05) is 47.7 Å². The van der Waals surface area contributed by atoms with E-state index in [1.54, 1.807) is 6.07 Å². The number of esters is 1. The zero-order chi connectivity index (χ0) is 29.0. The molecule has 0 atom stereocenters. The number of aryl methyl sites for hydroxylation is 1. The van der Waals surface area contributed by atoms with Crippen molar-refractivity contribution < 1.29 is 24.1 Å². The van der Waals surface area contributed by atoms with Crippen molar-refractivity contribution in [3.05, 3.63) is 100 Å². The van der Waals surface area contributed by atoms with Crippen LogP contribution in [0.2, 0.25) is 5.02 Å². The fourth-order valence-corrected chi connectivity index (χ4v) is 4.76. The Morgan fingerprint density at radius 2 is 1.71 bits per heavy atom. The van der Waals surface area contributed by atoms with Crippen molar-refractivity contribution in [2.75, 3.05) is 46.6 Å². The number of methoxy groups -OCH3 is 1. The number of hydrogen-bond donors (Lipinski definition) is 1. The summed E-state index contributed by atoms with van der Waals surface area (Å²) in [5.74, 6) is 7.89. The Bertz CT molecular complexity index is 1380. The number of halogens is 1. The molecular weight excluding hydrogens is 538 g/mol. The molecule has 0 spiro atoms. The average Bonchev–Trinajstić information content (AvgIpc) is 3.00. The summed E-state index contributed by atoms with van der Waals surface area (Å²) >= 11 is 6.15. The number of hydrogen-bond acceptors (Lipinski definition) is 6. The van der Waals surface area contributed by atoms with Crippen LogP contribution in [0, 0.1) is 24.7 Å². The highest BCUT2D eigenvalue weighted by atomic mass is 35.5. The Hall–Kier alpha value is -3.76. The quantitative estimate of drug-likeness (QED) is 0.245. The number of aliphatic hydroxyl groups excluding tert-OH is 1. The Labute approximate surface area is 247 Å². The highest BCUT2D eigenvalue weighted by Gasteiger charge is 2.17. The molecular formula is C34H36ClNO5. The van der Waals surface area contributed by atoms with Crippen molar-refractivity contribution in [2.24, 2.45) is 5.92 Å². The third-order valence-corrected chi connectivity index (χ3v) is 7.36. The van der Waals surface area contributed by atoms with Gasteiger partial charge in [-0.15, -0.1) is 0 Å². The van der Waals surface area contributed by atoms with E-state index < -0.39 is 5.97 Å². The summed E-state index contributed by atoms with van der Waals surface area (Å²) < 4.78 is 16.2. The molecule has 1 saturated heterocycles. The molecule has 1 N–H and O–H groups in total. The number of rotatable bonds is 10. The first-order chi connectivity index (χ1) is 19.9. The molecule has 7 heteroatoms. The molecule has 0 unspecified atom stereocenters. The van der Waals surface area contributed by atoms with Crippen LogP contribution in [0.5, 0.6) is 11.5 Å². The number of piperidine rings is 1. The molecule has 6 nitrogen and oxygen atoms in total. The fourth-order valence-electron chi connectivity index (χ4n) is 4.64. The fraction of sp³-hybridized carbons (Fsp3) is 0.324. The van der Waals surface area contributed by atoms with Gasteiger partial charge in [0, 0.05) is 17.2 Å². The average molecular weight is 574 g/mol. The van der Waals surface area contributed by atoms with E-state index >= 15 is 0 Å². The smallest absolute Gasteiger partial charge is 0.343 e. The first-order valence-electron chi connectivity index (χ1n) is 13.8. The molecule has 0 amide bonds. The second kappa shape index (κ2) is 15.3. The number of nitrogens with zero attached hydrogens (tertiary/aromatic N) is 1. The number of likely N-dealkylation sites (tertiary alicyclic amines) is 1. The maximum atomic E-state index is 11.4. The van der Waals surface area contributed by atoms with Crippen LogP contribution in [-0.4, -0.2) is 62.5 Å². The van der Waals surface area contributed by atoms with Crippen LogP contribution in [0.3, 0.4) is 0 Å². The van der Waals surface area contributed by atoms with Crippen molar-refractivity contribution in [2.45, 2.75) is 19.8 Å². The summed E-state index contributed by atoms with van der Waals surface area (Å²) in [5, 5.41) is 10.0. The Morgan fingerprint density at radius 1 is 1.02 bits per heavy atom. The van der Waals surface area contributed by atoms with Gasteiger partial charge < -0.3 is 19.3 Å². The van der Waals surface area contributed by atoms with Crippen molar-refractivity contribution in [3.8, 4) is 23.3 Å². The SMILES string of the molecule is COC(=O)COc1ccc(OCC=C(c2ccc(Cl)cc2)c2ccc(C#CCN3CCC(CO)CC3)cc2)cc1C. The van der Waals surface area contributed by atoms with E-state index in [9.17, 15) is 9.90 Å². The highest BCUT2D eigenvalue weighted by Crippen LogP contribution is 2.27. The number of aliphatic hydroxyl groups is 1. The zero-order valence-electron chi connectivity index (χ0n) is 23.6. The molecule has 0 aromatic heterocycles. The predicted octanol–water partition coefficient (Wildman–Crippen LogP) is 5.77. The lowest BCUT2D eigenvalue weighted by molar-refractivity contribution is -0.142. The van der Waals surface area contributed by atoms with Crippen LogP contribution < -0.4 is 9.47 Å². The van der Waals surface area contributed by atoms with E-state index in [-0.39, 0.29) is 13.2 Å². The Kier molecular flexibility index (Phi) is 11.3. The monoisotopic (exact) mass is 573 g/mol. The largest absolute Gasteiger partial charge is 0.489 e. The van der Waals surface area contributed by atoms with Crippen molar-refractivity contribution in [1.29, 1.82) is 0 Å². The lowest BCUT2D eigenvalue weighted by Crippen LogP contribution is -2.34. The molecule has 1 aliphatic rings. The molecule has 41 heavy (non-hydrogen) atoms. The zero-order valence-corrected chi connectivity index (χ0v) is 24.3. The van der Waals surface area contributed by atoms with E-state index in [1.807, 2.05) is 55.5 Å². The Balaban J connectivity index is 1.42. The van der Waals surface area contributed by atoms with Crippen molar-refractivity contribution in [1.82, 2.24) is 4.90 Å². The minimum Gasteiger partial charge on any atom is -0.489 e. The lowest BCUT2D eigenvalue weighted by Gasteiger charge is -2.29. The minimum atomic E-state index is -0.431. The van der Waals surface area contributed by atoms with Crippen molar-refractivity contribution >= 4 is 23.1 Å². The third-order valence-electron chi connectivity index (χ3n) is 7.11. The van der Waals surface area contributed by atoms with E-state index in [0.717, 1.165) is 60.3 Å². The van der Waals surface area contributed by atoms with Gasteiger partial charge in [-0.25, -0.2) is 4.79 Å². The maximum absolute atomic E-state index is 11.4. The highest BCUT2D eigenvalue weighted by molar-refractivity contribution is 6.30. The van der Waals surface area contributed by atoms with Gasteiger partial charge in [-0.05, 0) is 110 Å².